The summed E-state index contributed by atoms with van der Waals surface area (Å²) in [6.07, 6.45) is 2.05. The Kier molecular flexibility index (Phi) is 4.14. The maximum absolute atomic E-state index is 13.3. The molecule has 0 saturated heterocycles. The Morgan fingerprint density at radius 1 is 1.20 bits per heavy atom. The van der Waals surface area contributed by atoms with Crippen LogP contribution in [0, 0.1) is 34.7 Å². The first-order valence-corrected chi connectivity index (χ1v) is 7.06. The minimum Gasteiger partial charge on any atom is -0.388 e. The summed E-state index contributed by atoms with van der Waals surface area (Å²) >= 11 is 0. The summed E-state index contributed by atoms with van der Waals surface area (Å²) in [4.78, 5) is 0. The zero-order chi connectivity index (χ0) is 15.1. The molecule has 20 heavy (non-hydrogen) atoms. The summed E-state index contributed by atoms with van der Waals surface area (Å²) in [5.74, 6) is -3.83. The van der Waals surface area contributed by atoms with Crippen molar-refractivity contribution in [2.24, 2.45) is 17.3 Å². The van der Waals surface area contributed by atoms with E-state index in [-0.39, 0.29) is 22.8 Å². The highest BCUT2D eigenvalue weighted by atomic mass is 19.2. The number of aliphatic hydroxyl groups is 1. The molecule has 0 aromatic heterocycles. The first-order valence-electron chi connectivity index (χ1n) is 7.06. The molecule has 0 heterocycles. The molecule has 1 unspecified atom stereocenters. The molecule has 1 aliphatic carbocycles. The predicted molar refractivity (Wildman–Crippen MR) is 71.6 cm³/mol. The molecule has 0 radical (unpaired) electrons. The van der Waals surface area contributed by atoms with Crippen molar-refractivity contribution < 1.29 is 18.3 Å². The molecule has 1 fully saturated rings. The highest BCUT2D eigenvalue weighted by Crippen LogP contribution is 2.49. The minimum absolute atomic E-state index is 0.0967. The van der Waals surface area contributed by atoms with Gasteiger partial charge in [-0.25, -0.2) is 13.2 Å². The van der Waals surface area contributed by atoms with Crippen molar-refractivity contribution in [1.29, 1.82) is 0 Å². The second kappa shape index (κ2) is 5.40. The van der Waals surface area contributed by atoms with Crippen molar-refractivity contribution in [1.82, 2.24) is 0 Å². The number of hydrogen-bond donors (Lipinski definition) is 1. The van der Waals surface area contributed by atoms with E-state index in [0.29, 0.717) is 0 Å². The first kappa shape index (κ1) is 15.4. The van der Waals surface area contributed by atoms with Crippen molar-refractivity contribution in [3.05, 3.63) is 35.1 Å². The Morgan fingerprint density at radius 3 is 2.25 bits per heavy atom. The number of aliphatic hydroxyl groups excluding tert-OH is 1. The van der Waals surface area contributed by atoms with Crippen molar-refractivity contribution in [2.75, 3.05) is 0 Å². The van der Waals surface area contributed by atoms with Gasteiger partial charge in [0.2, 0.25) is 0 Å². The van der Waals surface area contributed by atoms with Gasteiger partial charge in [-0.05, 0) is 41.4 Å². The Hall–Kier alpha value is -1.03. The Morgan fingerprint density at radius 2 is 1.75 bits per heavy atom. The van der Waals surface area contributed by atoms with Crippen LogP contribution in [-0.2, 0) is 0 Å². The summed E-state index contributed by atoms with van der Waals surface area (Å²) in [7, 11) is 0. The smallest absolute Gasteiger partial charge is 0.194 e. The molecule has 1 aromatic carbocycles. The minimum atomic E-state index is -1.49. The fourth-order valence-electron chi connectivity index (χ4n) is 3.69. The van der Waals surface area contributed by atoms with Gasteiger partial charge in [-0.1, -0.05) is 33.6 Å². The third kappa shape index (κ3) is 2.71. The second-order valence-electron chi connectivity index (χ2n) is 6.63. The van der Waals surface area contributed by atoms with Gasteiger partial charge in [0, 0.05) is 0 Å². The second-order valence-corrected chi connectivity index (χ2v) is 6.63. The molecule has 1 saturated carbocycles. The van der Waals surface area contributed by atoms with Crippen LogP contribution in [0.1, 0.15) is 51.7 Å². The van der Waals surface area contributed by atoms with E-state index in [4.69, 9.17) is 0 Å². The van der Waals surface area contributed by atoms with Gasteiger partial charge in [-0.2, -0.15) is 0 Å². The molecule has 1 nitrogen and oxygen atoms in total. The molecule has 1 aromatic rings. The lowest BCUT2D eigenvalue weighted by atomic mass is 9.61. The SMILES string of the molecule is C[C@H]1CCCC(C)(C)[C@H]1C(O)c1cc(F)c(F)c(F)c1. The van der Waals surface area contributed by atoms with Gasteiger partial charge in [-0.15, -0.1) is 0 Å². The monoisotopic (exact) mass is 286 g/mol. The standard InChI is InChI=1S/C16H21F3O/c1-9-5-4-6-16(2,3)13(9)15(20)10-7-11(17)14(19)12(18)8-10/h7-9,13,15,20H,4-6H2,1-3H3/t9-,13+,15?/m0/s1. The Bertz CT molecular complexity index is 475. The number of rotatable bonds is 2. The van der Waals surface area contributed by atoms with Gasteiger partial charge in [0.1, 0.15) is 0 Å². The molecule has 112 valence electrons. The van der Waals surface area contributed by atoms with E-state index in [2.05, 4.69) is 13.8 Å². The molecular formula is C16H21F3O. The number of halogens is 3. The van der Waals surface area contributed by atoms with Crippen molar-refractivity contribution >= 4 is 0 Å². The molecule has 1 N–H and O–H groups in total. The van der Waals surface area contributed by atoms with E-state index < -0.39 is 23.6 Å². The fourth-order valence-corrected chi connectivity index (χ4v) is 3.69. The molecule has 0 bridgehead atoms. The molecule has 4 heteroatoms. The average Bonchev–Trinajstić information content (AvgIpc) is 2.33. The molecule has 1 aliphatic rings. The molecule has 0 spiro atoms. The zero-order valence-corrected chi connectivity index (χ0v) is 12.1. The first-order chi connectivity index (χ1) is 9.24. The van der Waals surface area contributed by atoms with Gasteiger partial charge in [0.15, 0.2) is 17.5 Å². The third-order valence-corrected chi connectivity index (χ3v) is 4.68. The number of hydrogen-bond acceptors (Lipinski definition) is 1. The van der Waals surface area contributed by atoms with Gasteiger partial charge in [0.25, 0.3) is 0 Å². The van der Waals surface area contributed by atoms with E-state index in [9.17, 15) is 18.3 Å². The van der Waals surface area contributed by atoms with Crippen molar-refractivity contribution in [3.63, 3.8) is 0 Å². The third-order valence-electron chi connectivity index (χ3n) is 4.68. The van der Waals surface area contributed by atoms with Crippen LogP contribution in [0.4, 0.5) is 13.2 Å². The van der Waals surface area contributed by atoms with Crippen LogP contribution < -0.4 is 0 Å². The fraction of sp³-hybridized carbons (Fsp3) is 0.625. The van der Waals surface area contributed by atoms with Gasteiger partial charge >= 0.3 is 0 Å². The topological polar surface area (TPSA) is 20.2 Å². The van der Waals surface area contributed by atoms with Gasteiger partial charge in [-0.3, -0.25) is 0 Å². The highest BCUT2D eigenvalue weighted by molar-refractivity contribution is 5.23. The van der Waals surface area contributed by atoms with E-state index in [0.717, 1.165) is 31.4 Å². The van der Waals surface area contributed by atoms with Crippen LogP contribution >= 0.6 is 0 Å². The molecule has 0 aliphatic heterocycles. The summed E-state index contributed by atoms with van der Waals surface area (Å²) in [5.41, 5.74) is 0.00605. The molecule has 3 atom stereocenters. The number of benzene rings is 1. The predicted octanol–water partition coefficient (Wildman–Crippen LogP) is 4.60. The summed E-state index contributed by atoms with van der Waals surface area (Å²) in [6, 6.07) is 1.81. The van der Waals surface area contributed by atoms with Crippen LogP contribution in [-0.4, -0.2) is 5.11 Å². The quantitative estimate of drug-likeness (QED) is 0.788. The maximum atomic E-state index is 13.3. The summed E-state index contributed by atoms with van der Waals surface area (Å²) in [5, 5.41) is 10.5. The van der Waals surface area contributed by atoms with Crippen LogP contribution in [0.2, 0.25) is 0 Å². The highest BCUT2D eigenvalue weighted by Gasteiger charge is 2.41. The summed E-state index contributed by atoms with van der Waals surface area (Å²) in [6.45, 7) is 6.17. The molecule has 2 rings (SSSR count). The van der Waals surface area contributed by atoms with E-state index in [1.165, 1.54) is 0 Å². The van der Waals surface area contributed by atoms with Crippen molar-refractivity contribution in [3.8, 4) is 0 Å². The van der Waals surface area contributed by atoms with E-state index in [1.54, 1.807) is 0 Å². The van der Waals surface area contributed by atoms with Crippen LogP contribution in [0.5, 0.6) is 0 Å². The summed E-state index contributed by atoms with van der Waals surface area (Å²) < 4.78 is 39.7. The van der Waals surface area contributed by atoms with Gasteiger partial charge in [0.05, 0.1) is 6.10 Å². The zero-order valence-electron chi connectivity index (χ0n) is 12.1. The lowest BCUT2D eigenvalue weighted by Gasteiger charge is -2.45. The lowest BCUT2D eigenvalue weighted by Crippen LogP contribution is -2.38. The maximum Gasteiger partial charge on any atom is 0.194 e. The van der Waals surface area contributed by atoms with E-state index in [1.807, 2.05) is 6.92 Å². The van der Waals surface area contributed by atoms with Crippen LogP contribution in [0.3, 0.4) is 0 Å². The van der Waals surface area contributed by atoms with Crippen LogP contribution in [0.15, 0.2) is 12.1 Å². The van der Waals surface area contributed by atoms with Crippen molar-refractivity contribution in [2.45, 2.75) is 46.1 Å². The van der Waals surface area contributed by atoms with E-state index >= 15 is 0 Å². The largest absolute Gasteiger partial charge is 0.388 e. The normalized spacial score (nSPS) is 27.4. The Balaban J connectivity index is 2.37. The van der Waals surface area contributed by atoms with Gasteiger partial charge < -0.3 is 5.11 Å². The Labute approximate surface area is 117 Å². The van der Waals surface area contributed by atoms with Crippen LogP contribution in [0.25, 0.3) is 0 Å². The molecular weight excluding hydrogens is 265 g/mol. The molecule has 0 amide bonds. The lowest BCUT2D eigenvalue weighted by molar-refractivity contribution is -0.0296. The average molecular weight is 286 g/mol.